The van der Waals surface area contributed by atoms with Gasteiger partial charge in [0.25, 0.3) is 0 Å². The Morgan fingerprint density at radius 3 is 0.655 bits per heavy atom. The SMILES string of the molecule is CCCCCCC(CCCC)C(P)(CCCCCC)P(C(P)(CCCCCC)C(CCCC)CCCCCC)C(P)(CCCCCC)C(CCCC)CCCCCC. The second kappa shape index (κ2) is 39.1. The lowest BCUT2D eigenvalue weighted by Gasteiger charge is -2.63. The van der Waals surface area contributed by atoms with Crippen LogP contribution in [0.4, 0.5) is 0 Å². The first kappa shape index (κ1) is 59.7. The van der Waals surface area contributed by atoms with Crippen molar-refractivity contribution in [3.8, 4) is 0 Å². The molecule has 0 heterocycles. The Bertz CT molecular complexity index is 755. The van der Waals surface area contributed by atoms with Crippen LogP contribution in [0.3, 0.4) is 0 Å². The third-order valence-electron chi connectivity index (χ3n) is 14.6. The first-order valence-corrected chi connectivity index (χ1v) is 30.4. The molecule has 0 aromatic rings. The van der Waals surface area contributed by atoms with Crippen LogP contribution in [0.5, 0.6) is 0 Å². The molecule has 0 aliphatic heterocycles. The summed E-state index contributed by atoms with van der Waals surface area (Å²) in [4.78, 5) is 0.974. The highest BCUT2D eigenvalue weighted by atomic mass is 31.2. The quantitative estimate of drug-likeness (QED) is 0.0422. The van der Waals surface area contributed by atoms with E-state index in [4.69, 9.17) is 0 Å². The first-order chi connectivity index (χ1) is 28.1. The van der Waals surface area contributed by atoms with Crippen molar-refractivity contribution in [1.29, 1.82) is 0 Å². The van der Waals surface area contributed by atoms with E-state index in [1.165, 1.54) is 250 Å². The van der Waals surface area contributed by atoms with E-state index >= 15 is 0 Å². The van der Waals surface area contributed by atoms with Crippen molar-refractivity contribution in [2.24, 2.45) is 17.8 Å². The topological polar surface area (TPSA) is 0 Å². The molecule has 58 heavy (non-hydrogen) atoms. The second-order valence-electron chi connectivity index (χ2n) is 19.8. The van der Waals surface area contributed by atoms with Crippen molar-refractivity contribution in [3.05, 3.63) is 0 Å². The maximum absolute atomic E-state index is 4.02. The maximum Gasteiger partial charge on any atom is 0.00936 e. The molecule has 0 fully saturated rings. The van der Waals surface area contributed by atoms with E-state index in [2.05, 4.69) is 90.0 Å². The summed E-state index contributed by atoms with van der Waals surface area (Å²) in [5.41, 5.74) is 0. The van der Waals surface area contributed by atoms with Crippen molar-refractivity contribution in [2.75, 3.05) is 0 Å². The number of hydrogen-bond donors (Lipinski definition) is 0. The molecule has 0 rings (SSSR count). The summed E-state index contributed by atoms with van der Waals surface area (Å²) in [5, 5.41) is 0. The normalized spacial score (nSPS) is 17.4. The average molecular weight is 887 g/mol. The molecule has 0 N–H and O–H groups in total. The number of unbranched alkanes of at least 4 members (excludes halogenated alkanes) is 21. The van der Waals surface area contributed by atoms with Crippen LogP contribution in [0.15, 0.2) is 0 Å². The van der Waals surface area contributed by atoms with Gasteiger partial charge in [0.15, 0.2) is 0 Å². The lowest BCUT2D eigenvalue weighted by Crippen LogP contribution is -2.49. The van der Waals surface area contributed by atoms with E-state index in [0.29, 0.717) is 14.7 Å². The average Bonchev–Trinajstić information content (AvgIpc) is 3.21. The third kappa shape index (κ3) is 23.6. The summed E-state index contributed by atoms with van der Waals surface area (Å²) >= 11 is 0. The maximum atomic E-state index is 4.02. The summed E-state index contributed by atoms with van der Waals surface area (Å²) in [6.07, 6.45) is 55.2. The van der Waals surface area contributed by atoms with Gasteiger partial charge in [0.2, 0.25) is 0 Å². The Morgan fingerprint density at radius 2 is 0.448 bits per heavy atom. The fourth-order valence-electron chi connectivity index (χ4n) is 10.9. The van der Waals surface area contributed by atoms with Gasteiger partial charge in [-0.1, -0.05) is 263 Å². The number of hydrogen-bond acceptors (Lipinski definition) is 0. The van der Waals surface area contributed by atoms with Gasteiger partial charge in [-0.3, -0.25) is 0 Å². The predicted molar refractivity (Wildman–Crippen MR) is 286 cm³/mol. The molecule has 0 saturated heterocycles. The van der Waals surface area contributed by atoms with Gasteiger partial charge in [-0.25, -0.2) is 0 Å². The summed E-state index contributed by atoms with van der Waals surface area (Å²) in [6, 6.07) is 0. The molecule has 0 aliphatic carbocycles. The van der Waals surface area contributed by atoms with Crippen molar-refractivity contribution < 1.29 is 0 Å². The molecule has 4 heteroatoms. The molecule has 0 spiro atoms. The zero-order valence-corrected chi connectivity index (χ0v) is 46.3. The van der Waals surface area contributed by atoms with Crippen LogP contribution in [0.25, 0.3) is 0 Å². The molecule has 0 amide bonds. The van der Waals surface area contributed by atoms with Crippen LogP contribution in [0, 0.1) is 17.8 Å². The molecular weight excluding hydrogens is 772 g/mol. The molecule has 350 valence electrons. The van der Waals surface area contributed by atoms with Gasteiger partial charge in [-0.05, 0) is 75.5 Å². The minimum absolute atomic E-state index is 0.325. The molecule has 0 aromatic carbocycles. The van der Waals surface area contributed by atoms with Crippen molar-refractivity contribution in [3.63, 3.8) is 0 Å². The second-order valence-corrected chi connectivity index (χ2v) is 27.5. The van der Waals surface area contributed by atoms with Gasteiger partial charge >= 0.3 is 0 Å². The molecule has 0 saturated carbocycles. The zero-order chi connectivity index (χ0) is 43.4. The molecule has 9 atom stereocenters. The standard InChI is InChI=1S/C54H114P4/c1-10-19-28-34-43-49(40-25-16-7)52(55,46-37-31-22-13-4)58(53(56,47-38-32-23-14-5)50(41-26-17-8)44-35-29-20-11-2)54(57,48-39-33-24-15-6)51(42-27-18-9)45-36-30-21-12-3/h49-51H,10-48,55-57H2,1-9H3. The van der Waals surface area contributed by atoms with E-state index < -0.39 is 7.92 Å². The largest absolute Gasteiger partial charge is 0.126 e. The van der Waals surface area contributed by atoms with Gasteiger partial charge in [-0.15, -0.1) is 27.7 Å². The molecule has 0 aliphatic rings. The lowest BCUT2D eigenvalue weighted by molar-refractivity contribution is 0.308. The van der Waals surface area contributed by atoms with Gasteiger partial charge in [0.1, 0.15) is 0 Å². The number of rotatable bonds is 45. The minimum Gasteiger partial charge on any atom is -0.126 e. The van der Waals surface area contributed by atoms with Crippen LogP contribution in [0.1, 0.15) is 313 Å². The highest BCUT2D eigenvalue weighted by Gasteiger charge is 2.59. The van der Waals surface area contributed by atoms with E-state index in [1.807, 2.05) is 0 Å². The molecule has 0 radical (unpaired) electrons. The molecule has 0 aromatic heterocycles. The molecule has 9 unspecified atom stereocenters. The van der Waals surface area contributed by atoms with Crippen LogP contribution in [-0.2, 0) is 0 Å². The Kier molecular flexibility index (Phi) is 40.3. The minimum atomic E-state index is -0.412. The zero-order valence-electron chi connectivity index (χ0n) is 42.0. The molecular formula is C54H114P4. The van der Waals surface area contributed by atoms with E-state index in [0.717, 1.165) is 17.8 Å². The van der Waals surface area contributed by atoms with Crippen molar-refractivity contribution in [1.82, 2.24) is 0 Å². The van der Waals surface area contributed by atoms with E-state index in [9.17, 15) is 0 Å². The van der Waals surface area contributed by atoms with Crippen LogP contribution >= 0.6 is 35.6 Å². The fraction of sp³-hybridized carbons (Fsp3) is 1.00. The van der Waals surface area contributed by atoms with Gasteiger partial charge in [-0.2, -0.15) is 0 Å². The summed E-state index contributed by atoms with van der Waals surface area (Å²) in [6.45, 7) is 22.0. The van der Waals surface area contributed by atoms with E-state index in [-0.39, 0.29) is 0 Å². The summed E-state index contributed by atoms with van der Waals surface area (Å²) < 4.78 is 0. The van der Waals surface area contributed by atoms with Crippen molar-refractivity contribution in [2.45, 2.75) is 327 Å². The predicted octanol–water partition coefficient (Wildman–Crippen LogP) is 21.4. The Labute approximate surface area is 379 Å². The Hall–Kier alpha value is 1.72. The summed E-state index contributed by atoms with van der Waals surface area (Å²) in [5.74, 6) is 2.48. The Balaban J connectivity index is 8.50. The van der Waals surface area contributed by atoms with Gasteiger partial charge < -0.3 is 0 Å². The third-order valence-corrected chi connectivity index (χ3v) is 23.5. The summed E-state index contributed by atoms with van der Waals surface area (Å²) in [7, 11) is 11.6. The highest BCUT2D eigenvalue weighted by Crippen LogP contribution is 2.83. The molecule has 0 bridgehead atoms. The van der Waals surface area contributed by atoms with Crippen LogP contribution < -0.4 is 0 Å². The smallest absolute Gasteiger partial charge is 0.00936 e. The highest BCUT2D eigenvalue weighted by molar-refractivity contribution is 7.78. The Morgan fingerprint density at radius 1 is 0.259 bits per heavy atom. The first-order valence-electron chi connectivity index (χ1n) is 27.3. The van der Waals surface area contributed by atoms with E-state index in [1.54, 1.807) is 0 Å². The monoisotopic (exact) mass is 887 g/mol. The van der Waals surface area contributed by atoms with Crippen LogP contribution in [-0.4, -0.2) is 14.7 Å². The van der Waals surface area contributed by atoms with Crippen molar-refractivity contribution >= 4 is 35.6 Å². The fourth-order valence-corrected chi connectivity index (χ4v) is 23.5. The lowest BCUT2D eigenvalue weighted by atomic mass is 9.87. The van der Waals surface area contributed by atoms with Crippen LogP contribution in [0.2, 0.25) is 0 Å². The van der Waals surface area contributed by atoms with Gasteiger partial charge in [0.05, 0.1) is 0 Å². The molecule has 0 nitrogen and oxygen atoms in total. The van der Waals surface area contributed by atoms with Gasteiger partial charge in [0, 0.05) is 14.7 Å².